The first-order valence-corrected chi connectivity index (χ1v) is 9.73. The Morgan fingerprint density at radius 3 is 2.73 bits per heavy atom. The van der Waals surface area contributed by atoms with E-state index in [1.54, 1.807) is 23.0 Å². The maximum absolute atomic E-state index is 13.8. The number of fused-ring (bicyclic) bond motifs is 1. The Balaban J connectivity index is 2.13. The van der Waals surface area contributed by atoms with Gasteiger partial charge in [0.25, 0.3) is 0 Å². The van der Waals surface area contributed by atoms with Gasteiger partial charge in [0.05, 0.1) is 21.4 Å². The summed E-state index contributed by atoms with van der Waals surface area (Å²) < 4.78 is 30.9. The maximum Gasteiger partial charge on any atom is 0.153 e. The first kappa shape index (κ1) is 18.7. The SMILES string of the molecule is CC[C@@H](N[S@](=O)C(C)(C)C)c1cc2nccn2nc1-c1cccc(F)c1. The van der Waals surface area contributed by atoms with E-state index >= 15 is 0 Å². The minimum atomic E-state index is -1.24. The van der Waals surface area contributed by atoms with Gasteiger partial charge in [0.2, 0.25) is 0 Å². The van der Waals surface area contributed by atoms with Crippen LogP contribution in [0.4, 0.5) is 4.39 Å². The molecule has 26 heavy (non-hydrogen) atoms. The average Bonchev–Trinajstić information content (AvgIpc) is 3.05. The molecule has 2 aromatic heterocycles. The lowest BCUT2D eigenvalue weighted by Crippen LogP contribution is -2.35. The zero-order valence-corrected chi connectivity index (χ0v) is 16.2. The number of nitrogens with one attached hydrogen (secondary N) is 1. The maximum atomic E-state index is 13.8. The molecule has 0 bridgehead atoms. The van der Waals surface area contributed by atoms with Crippen LogP contribution in [0.25, 0.3) is 16.9 Å². The fraction of sp³-hybridized carbons (Fsp3) is 0.368. The van der Waals surface area contributed by atoms with Crippen LogP contribution < -0.4 is 4.72 Å². The molecule has 0 spiro atoms. The van der Waals surface area contributed by atoms with E-state index in [-0.39, 0.29) is 11.9 Å². The van der Waals surface area contributed by atoms with Crippen molar-refractivity contribution < 1.29 is 8.60 Å². The molecule has 0 aliphatic carbocycles. The number of aromatic nitrogens is 3. The summed E-state index contributed by atoms with van der Waals surface area (Å²) in [5.74, 6) is -0.319. The highest BCUT2D eigenvalue weighted by molar-refractivity contribution is 7.84. The van der Waals surface area contributed by atoms with Gasteiger partial charge in [-0.2, -0.15) is 5.10 Å². The summed E-state index contributed by atoms with van der Waals surface area (Å²) >= 11 is 0. The standard InChI is InChI=1S/C19H23FN4OS/c1-5-16(23-26(25)19(2,3)4)15-12-17-21-9-10-24(17)22-18(15)13-7-6-8-14(20)11-13/h6-12,16,23H,5H2,1-4H3/t16-,26-/m1/s1. The molecule has 3 rings (SSSR count). The Morgan fingerprint density at radius 2 is 2.08 bits per heavy atom. The Morgan fingerprint density at radius 1 is 1.31 bits per heavy atom. The lowest BCUT2D eigenvalue weighted by Gasteiger charge is -2.25. The van der Waals surface area contributed by atoms with Crippen LogP contribution in [-0.4, -0.2) is 23.6 Å². The second-order valence-corrected chi connectivity index (χ2v) is 9.15. The van der Waals surface area contributed by atoms with Crippen molar-refractivity contribution in [1.82, 2.24) is 19.3 Å². The number of hydrogen-bond acceptors (Lipinski definition) is 3. The van der Waals surface area contributed by atoms with Gasteiger partial charge in [0, 0.05) is 29.6 Å². The molecule has 2 heterocycles. The smallest absolute Gasteiger partial charge is 0.153 e. The highest BCUT2D eigenvalue weighted by Gasteiger charge is 2.25. The van der Waals surface area contributed by atoms with Gasteiger partial charge in [-0.25, -0.2) is 22.8 Å². The summed E-state index contributed by atoms with van der Waals surface area (Å²) in [7, 11) is -1.24. The Labute approximate surface area is 155 Å². The summed E-state index contributed by atoms with van der Waals surface area (Å²) in [5.41, 5.74) is 2.88. The molecule has 0 unspecified atom stereocenters. The number of rotatable bonds is 5. The molecule has 0 aliphatic heterocycles. The van der Waals surface area contributed by atoms with E-state index in [9.17, 15) is 8.60 Å². The highest BCUT2D eigenvalue weighted by Crippen LogP contribution is 2.30. The molecule has 1 N–H and O–H groups in total. The Hall–Kier alpha value is -2.12. The molecule has 138 valence electrons. The van der Waals surface area contributed by atoms with Gasteiger partial charge in [0.15, 0.2) is 5.65 Å². The van der Waals surface area contributed by atoms with Crippen molar-refractivity contribution in [2.24, 2.45) is 0 Å². The summed E-state index contributed by atoms with van der Waals surface area (Å²) in [6.07, 6.45) is 4.13. The third kappa shape index (κ3) is 3.83. The summed E-state index contributed by atoms with van der Waals surface area (Å²) in [5, 5.41) is 4.63. The van der Waals surface area contributed by atoms with Gasteiger partial charge < -0.3 is 0 Å². The van der Waals surface area contributed by atoms with Crippen LogP contribution in [-0.2, 0) is 11.0 Å². The second kappa shape index (κ2) is 7.25. The molecule has 5 nitrogen and oxygen atoms in total. The highest BCUT2D eigenvalue weighted by atomic mass is 32.2. The van der Waals surface area contributed by atoms with E-state index in [1.165, 1.54) is 12.1 Å². The van der Waals surface area contributed by atoms with Crippen LogP contribution in [0.15, 0.2) is 42.7 Å². The zero-order valence-electron chi connectivity index (χ0n) is 15.4. The molecule has 0 saturated heterocycles. The first-order chi connectivity index (χ1) is 12.3. The van der Waals surface area contributed by atoms with E-state index in [4.69, 9.17) is 0 Å². The van der Waals surface area contributed by atoms with Crippen molar-refractivity contribution in [1.29, 1.82) is 0 Å². The fourth-order valence-corrected chi connectivity index (χ4v) is 3.57. The normalized spacial score (nSPS) is 14.5. The second-order valence-electron chi connectivity index (χ2n) is 7.15. The molecule has 0 amide bonds. The van der Waals surface area contributed by atoms with Gasteiger partial charge in [-0.1, -0.05) is 19.1 Å². The van der Waals surface area contributed by atoms with Crippen LogP contribution in [0.2, 0.25) is 0 Å². The van der Waals surface area contributed by atoms with E-state index in [2.05, 4.69) is 14.8 Å². The van der Waals surface area contributed by atoms with Gasteiger partial charge in [-0.05, 0) is 45.4 Å². The number of benzene rings is 1. The van der Waals surface area contributed by atoms with Crippen LogP contribution in [0.5, 0.6) is 0 Å². The van der Waals surface area contributed by atoms with Crippen molar-refractivity contribution in [3.63, 3.8) is 0 Å². The summed E-state index contributed by atoms with van der Waals surface area (Å²) in [4.78, 5) is 4.30. The first-order valence-electron chi connectivity index (χ1n) is 8.58. The van der Waals surface area contributed by atoms with Crippen LogP contribution in [0, 0.1) is 5.82 Å². The minimum Gasteiger partial charge on any atom is -0.242 e. The molecule has 0 radical (unpaired) electrons. The molecule has 3 aromatic rings. The largest absolute Gasteiger partial charge is 0.242 e. The minimum absolute atomic E-state index is 0.192. The molecule has 1 aromatic carbocycles. The van der Waals surface area contributed by atoms with Gasteiger partial charge in [-0.15, -0.1) is 0 Å². The van der Waals surface area contributed by atoms with E-state index < -0.39 is 15.7 Å². The average molecular weight is 374 g/mol. The third-order valence-electron chi connectivity index (χ3n) is 4.10. The number of imidazole rings is 1. The molecular formula is C19H23FN4OS. The molecule has 2 atom stereocenters. The van der Waals surface area contributed by atoms with Crippen molar-refractivity contribution in [3.05, 3.63) is 54.1 Å². The van der Waals surface area contributed by atoms with Gasteiger partial charge in [0.1, 0.15) is 5.82 Å². The molecular weight excluding hydrogens is 351 g/mol. The predicted molar refractivity (Wildman–Crippen MR) is 102 cm³/mol. The topological polar surface area (TPSA) is 59.3 Å². The molecule has 0 fully saturated rings. The van der Waals surface area contributed by atoms with E-state index in [1.807, 2.05) is 39.8 Å². The van der Waals surface area contributed by atoms with E-state index in [0.29, 0.717) is 23.3 Å². The number of nitrogens with zero attached hydrogens (tertiary/aromatic N) is 3. The Kier molecular flexibility index (Phi) is 5.20. The zero-order chi connectivity index (χ0) is 18.9. The Bertz CT molecular complexity index is 948. The third-order valence-corrected chi connectivity index (χ3v) is 5.71. The van der Waals surface area contributed by atoms with Crippen LogP contribution >= 0.6 is 0 Å². The molecule has 0 saturated carbocycles. The van der Waals surface area contributed by atoms with Crippen molar-refractivity contribution in [3.8, 4) is 11.3 Å². The summed E-state index contributed by atoms with van der Waals surface area (Å²) in [6, 6.07) is 8.09. The van der Waals surface area contributed by atoms with Crippen molar-refractivity contribution in [2.75, 3.05) is 0 Å². The summed E-state index contributed by atoms with van der Waals surface area (Å²) in [6.45, 7) is 7.79. The molecule has 0 aliphatic rings. The van der Waals surface area contributed by atoms with Crippen molar-refractivity contribution in [2.45, 2.75) is 44.9 Å². The van der Waals surface area contributed by atoms with Crippen LogP contribution in [0.1, 0.15) is 45.7 Å². The number of hydrogen-bond donors (Lipinski definition) is 1. The predicted octanol–water partition coefficient (Wildman–Crippen LogP) is 4.04. The van der Waals surface area contributed by atoms with Gasteiger partial charge >= 0.3 is 0 Å². The number of halogens is 1. The molecule has 7 heteroatoms. The quantitative estimate of drug-likeness (QED) is 0.733. The van der Waals surface area contributed by atoms with Gasteiger partial charge in [-0.3, -0.25) is 0 Å². The van der Waals surface area contributed by atoms with Crippen LogP contribution in [0.3, 0.4) is 0 Å². The fourth-order valence-electron chi connectivity index (χ4n) is 2.67. The lowest BCUT2D eigenvalue weighted by atomic mass is 9.99. The lowest BCUT2D eigenvalue weighted by molar-refractivity contribution is 0.587. The van der Waals surface area contributed by atoms with Crippen molar-refractivity contribution >= 4 is 16.6 Å². The van der Waals surface area contributed by atoms with E-state index in [0.717, 1.165) is 5.56 Å². The monoisotopic (exact) mass is 374 g/mol.